The van der Waals surface area contributed by atoms with E-state index >= 15 is 0 Å². The van der Waals surface area contributed by atoms with E-state index in [-0.39, 0.29) is 5.69 Å². The summed E-state index contributed by atoms with van der Waals surface area (Å²) in [6.07, 6.45) is 6.45. The molecule has 3 aromatic heterocycles. The third-order valence-corrected chi connectivity index (χ3v) is 2.67. The minimum atomic E-state index is -0.469. The number of fused-ring (bicyclic) bond motifs is 1. The van der Waals surface area contributed by atoms with Gasteiger partial charge in [0.15, 0.2) is 11.3 Å². The van der Waals surface area contributed by atoms with Gasteiger partial charge in [-0.25, -0.2) is 14.3 Å². The molecule has 3 rings (SSSR count). The molecule has 0 spiro atoms. The Morgan fingerprint density at radius 3 is 2.95 bits per heavy atom. The maximum Gasteiger partial charge on any atom is 0.358 e. The Morgan fingerprint density at radius 1 is 1.30 bits per heavy atom. The van der Waals surface area contributed by atoms with E-state index in [1.165, 1.54) is 0 Å². The highest BCUT2D eigenvalue weighted by molar-refractivity contribution is 5.88. The Balaban J connectivity index is 2.13. The first-order valence-electron chi connectivity index (χ1n) is 6.08. The number of carbonyl (C=O) groups excluding carboxylic acids is 1. The van der Waals surface area contributed by atoms with Crippen molar-refractivity contribution < 1.29 is 9.53 Å². The Labute approximate surface area is 114 Å². The maximum absolute atomic E-state index is 11.7. The molecular weight excluding hydrogens is 258 g/mol. The van der Waals surface area contributed by atoms with E-state index in [1.54, 1.807) is 48.4 Å². The molecule has 0 aromatic carbocycles. The lowest BCUT2D eigenvalue weighted by Gasteiger charge is -2.02. The number of ether oxygens (including phenoxy) is 1. The van der Waals surface area contributed by atoms with Crippen molar-refractivity contribution in [2.45, 2.75) is 6.92 Å². The normalized spacial score (nSPS) is 10.7. The van der Waals surface area contributed by atoms with Crippen molar-refractivity contribution in [3.63, 3.8) is 0 Å². The highest BCUT2D eigenvalue weighted by atomic mass is 16.5. The smallest absolute Gasteiger partial charge is 0.358 e. The number of carbonyl (C=O) groups is 1. The molecule has 0 atom stereocenters. The molecular formula is C13H11N5O2. The largest absolute Gasteiger partial charge is 0.461 e. The van der Waals surface area contributed by atoms with Gasteiger partial charge < -0.3 is 4.74 Å². The summed E-state index contributed by atoms with van der Waals surface area (Å²) in [7, 11) is 0. The first-order valence-corrected chi connectivity index (χ1v) is 6.08. The molecule has 7 heteroatoms. The second kappa shape index (κ2) is 5.04. The maximum atomic E-state index is 11.7. The third kappa shape index (κ3) is 2.09. The standard InChI is InChI=1S/C13H11N5O2/c1-2-20-13(19)9-7-12-16-4-3-11(18(12)17-9)10-8-14-5-6-15-10/h3-8H,2H2,1H3. The van der Waals surface area contributed by atoms with Gasteiger partial charge in [-0.3, -0.25) is 9.97 Å². The molecule has 0 bridgehead atoms. The van der Waals surface area contributed by atoms with Crippen molar-refractivity contribution in [3.05, 3.63) is 42.6 Å². The van der Waals surface area contributed by atoms with E-state index < -0.39 is 5.97 Å². The highest BCUT2D eigenvalue weighted by Crippen LogP contribution is 2.17. The summed E-state index contributed by atoms with van der Waals surface area (Å²) in [5.74, 6) is -0.469. The van der Waals surface area contributed by atoms with Gasteiger partial charge >= 0.3 is 5.97 Å². The van der Waals surface area contributed by atoms with Crippen LogP contribution in [0.4, 0.5) is 0 Å². The quantitative estimate of drug-likeness (QED) is 0.668. The minimum absolute atomic E-state index is 0.218. The number of esters is 1. The average molecular weight is 269 g/mol. The van der Waals surface area contributed by atoms with Gasteiger partial charge in [0.2, 0.25) is 0 Å². The van der Waals surface area contributed by atoms with Gasteiger partial charge in [-0.15, -0.1) is 0 Å². The molecule has 0 N–H and O–H groups in total. The summed E-state index contributed by atoms with van der Waals surface area (Å²) in [5, 5.41) is 4.22. The zero-order valence-corrected chi connectivity index (χ0v) is 10.7. The van der Waals surface area contributed by atoms with Crippen LogP contribution in [0.1, 0.15) is 17.4 Å². The van der Waals surface area contributed by atoms with Crippen LogP contribution in [0.5, 0.6) is 0 Å². The molecule has 0 amide bonds. The minimum Gasteiger partial charge on any atom is -0.461 e. The monoisotopic (exact) mass is 269 g/mol. The SMILES string of the molecule is CCOC(=O)c1cc2nccc(-c3cnccn3)n2n1. The van der Waals surface area contributed by atoms with Crippen LogP contribution in [-0.4, -0.2) is 37.1 Å². The van der Waals surface area contributed by atoms with Crippen LogP contribution in [0.15, 0.2) is 36.9 Å². The second-order valence-electron chi connectivity index (χ2n) is 3.94. The number of hydrogen-bond donors (Lipinski definition) is 0. The second-order valence-corrected chi connectivity index (χ2v) is 3.94. The van der Waals surface area contributed by atoms with Crippen molar-refractivity contribution >= 4 is 11.6 Å². The molecule has 0 unspecified atom stereocenters. The molecule has 0 aliphatic heterocycles. The van der Waals surface area contributed by atoms with Crippen LogP contribution in [0.3, 0.4) is 0 Å². The van der Waals surface area contributed by atoms with Crippen molar-refractivity contribution in [2.75, 3.05) is 6.61 Å². The van der Waals surface area contributed by atoms with Gasteiger partial charge in [0.1, 0.15) is 5.69 Å². The zero-order chi connectivity index (χ0) is 13.9. The van der Waals surface area contributed by atoms with Gasteiger partial charge in [0.05, 0.1) is 18.5 Å². The van der Waals surface area contributed by atoms with Crippen LogP contribution < -0.4 is 0 Å². The Morgan fingerprint density at radius 2 is 2.20 bits per heavy atom. The fourth-order valence-corrected chi connectivity index (χ4v) is 1.83. The number of aromatic nitrogens is 5. The summed E-state index contributed by atoms with van der Waals surface area (Å²) >= 11 is 0. The average Bonchev–Trinajstić information content (AvgIpc) is 2.92. The predicted octanol–water partition coefficient (Wildman–Crippen LogP) is 1.36. The molecule has 100 valence electrons. The highest BCUT2D eigenvalue weighted by Gasteiger charge is 2.15. The van der Waals surface area contributed by atoms with Crippen molar-refractivity contribution in [1.82, 2.24) is 24.6 Å². The van der Waals surface area contributed by atoms with Crippen molar-refractivity contribution in [3.8, 4) is 11.4 Å². The van der Waals surface area contributed by atoms with Crippen LogP contribution >= 0.6 is 0 Å². The summed E-state index contributed by atoms with van der Waals surface area (Å²) in [5.41, 5.74) is 2.13. The van der Waals surface area contributed by atoms with Crippen LogP contribution in [-0.2, 0) is 4.74 Å². The van der Waals surface area contributed by atoms with E-state index in [1.807, 2.05) is 0 Å². The lowest BCUT2D eigenvalue weighted by atomic mass is 10.3. The lowest BCUT2D eigenvalue weighted by molar-refractivity contribution is 0.0519. The van der Waals surface area contributed by atoms with Gasteiger partial charge in [-0.2, -0.15) is 5.10 Å². The molecule has 3 aromatic rings. The summed E-state index contributed by atoms with van der Waals surface area (Å²) in [6.45, 7) is 2.05. The van der Waals surface area contributed by atoms with E-state index in [4.69, 9.17) is 4.74 Å². The Hall–Kier alpha value is -2.83. The summed E-state index contributed by atoms with van der Waals surface area (Å²) in [4.78, 5) is 24.1. The van der Waals surface area contributed by atoms with Crippen LogP contribution in [0.25, 0.3) is 17.0 Å². The molecule has 0 saturated heterocycles. The van der Waals surface area contributed by atoms with E-state index in [0.29, 0.717) is 23.6 Å². The van der Waals surface area contributed by atoms with Gasteiger partial charge in [0, 0.05) is 24.7 Å². The fourth-order valence-electron chi connectivity index (χ4n) is 1.83. The topological polar surface area (TPSA) is 82.3 Å². The summed E-state index contributed by atoms with van der Waals surface area (Å²) < 4.78 is 6.48. The van der Waals surface area contributed by atoms with Crippen molar-refractivity contribution in [2.24, 2.45) is 0 Å². The number of nitrogens with zero attached hydrogens (tertiary/aromatic N) is 5. The summed E-state index contributed by atoms with van der Waals surface area (Å²) in [6, 6.07) is 3.34. The number of hydrogen-bond acceptors (Lipinski definition) is 6. The molecule has 0 aliphatic rings. The first kappa shape index (κ1) is 12.2. The zero-order valence-electron chi connectivity index (χ0n) is 10.7. The van der Waals surface area contributed by atoms with Gasteiger partial charge in [0.25, 0.3) is 0 Å². The van der Waals surface area contributed by atoms with Crippen LogP contribution in [0.2, 0.25) is 0 Å². The first-order chi connectivity index (χ1) is 9.79. The van der Waals surface area contributed by atoms with E-state index in [9.17, 15) is 4.79 Å². The van der Waals surface area contributed by atoms with E-state index in [2.05, 4.69) is 20.1 Å². The van der Waals surface area contributed by atoms with Gasteiger partial charge in [-0.05, 0) is 13.0 Å². The van der Waals surface area contributed by atoms with Gasteiger partial charge in [-0.1, -0.05) is 0 Å². The molecule has 20 heavy (non-hydrogen) atoms. The fraction of sp³-hybridized carbons (Fsp3) is 0.154. The van der Waals surface area contributed by atoms with E-state index in [0.717, 1.165) is 0 Å². The number of rotatable bonds is 3. The van der Waals surface area contributed by atoms with Crippen molar-refractivity contribution in [1.29, 1.82) is 0 Å². The predicted molar refractivity (Wildman–Crippen MR) is 70.0 cm³/mol. The Kier molecular flexibility index (Phi) is 3.08. The lowest BCUT2D eigenvalue weighted by Crippen LogP contribution is -2.06. The third-order valence-electron chi connectivity index (χ3n) is 2.67. The molecule has 7 nitrogen and oxygen atoms in total. The molecule has 0 fully saturated rings. The molecule has 3 heterocycles. The molecule has 0 saturated carbocycles. The molecule has 0 radical (unpaired) electrons. The molecule has 0 aliphatic carbocycles. The van der Waals surface area contributed by atoms with Crippen LogP contribution in [0, 0.1) is 0 Å². The Bertz CT molecular complexity index is 754.